The lowest BCUT2D eigenvalue weighted by molar-refractivity contribution is -0.872. The van der Waals surface area contributed by atoms with Crippen molar-refractivity contribution in [3.8, 4) is 0 Å². The number of benzene rings is 1. The van der Waals surface area contributed by atoms with Gasteiger partial charge in [-0.1, -0.05) is 43.3 Å². The Balaban J connectivity index is 2.13. The molecule has 0 unspecified atom stereocenters. The normalized spacial score (nSPS) is 11.3. The minimum atomic E-state index is -0.126. The average Bonchev–Trinajstić information content (AvgIpc) is 2.87. The van der Waals surface area contributed by atoms with Crippen molar-refractivity contribution in [3.05, 3.63) is 52.4 Å². The monoisotopic (exact) mass is 316 g/mol. The zero-order chi connectivity index (χ0) is 17.0. The van der Waals surface area contributed by atoms with Crippen molar-refractivity contribution >= 4 is 5.91 Å². The molecule has 0 atom stereocenters. The van der Waals surface area contributed by atoms with Crippen molar-refractivity contribution in [1.29, 1.82) is 0 Å². The van der Waals surface area contributed by atoms with Crippen LogP contribution in [-0.4, -0.2) is 25.2 Å². The van der Waals surface area contributed by atoms with E-state index in [9.17, 15) is 4.79 Å². The number of nitrogens with zero attached hydrogens (tertiary/aromatic N) is 1. The number of amides is 1. The Morgan fingerprint density at radius 2 is 1.91 bits per heavy atom. The summed E-state index contributed by atoms with van der Waals surface area (Å²) in [4.78, 5) is 13.9. The van der Waals surface area contributed by atoms with E-state index in [0.717, 1.165) is 12.1 Å². The molecule has 0 saturated heterocycles. The van der Waals surface area contributed by atoms with Gasteiger partial charge in [-0.3, -0.25) is 4.79 Å². The summed E-state index contributed by atoms with van der Waals surface area (Å²) in [6.07, 6.45) is 0. The molecule has 0 fully saturated rings. The Labute approximate surface area is 137 Å². The van der Waals surface area contributed by atoms with Crippen LogP contribution >= 0.6 is 0 Å². The number of aryl methyl sites for hydroxylation is 1. The Bertz CT molecular complexity index is 675. The van der Waals surface area contributed by atoms with E-state index in [1.807, 2.05) is 26.0 Å². The van der Waals surface area contributed by atoms with E-state index in [2.05, 4.69) is 36.7 Å². The highest BCUT2D eigenvalue weighted by Gasteiger charge is 2.22. The zero-order valence-corrected chi connectivity index (χ0v) is 14.6. The van der Waals surface area contributed by atoms with E-state index < -0.39 is 0 Å². The number of carbonyl (C=O) groups is 1. The summed E-state index contributed by atoms with van der Waals surface area (Å²) in [7, 11) is 4.23. The first kappa shape index (κ1) is 17.2. The second-order valence-corrected chi connectivity index (χ2v) is 6.50. The molecule has 23 heavy (non-hydrogen) atoms. The first-order chi connectivity index (χ1) is 10.9. The van der Waals surface area contributed by atoms with Crippen molar-refractivity contribution < 1.29 is 14.2 Å². The molecule has 5 nitrogen and oxygen atoms in total. The fourth-order valence-electron chi connectivity index (χ4n) is 2.60. The Morgan fingerprint density at radius 1 is 1.26 bits per heavy atom. The molecule has 0 saturated carbocycles. The highest BCUT2D eigenvalue weighted by molar-refractivity contribution is 5.96. The van der Waals surface area contributed by atoms with Crippen molar-refractivity contribution in [2.75, 3.05) is 14.1 Å². The summed E-state index contributed by atoms with van der Waals surface area (Å²) < 4.78 is 5.29. The number of nitrogens with one attached hydrogen (secondary N) is 2. The molecule has 1 aromatic carbocycles. The van der Waals surface area contributed by atoms with E-state index in [0.29, 0.717) is 23.6 Å². The minimum absolute atomic E-state index is 0.126. The summed E-state index contributed by atoms with van der Waals surface area (Å²) in [5, 5.41) is 6.93. The average molecular weight is 316 g/mol. The third-order valence-corrected chi connectivity index (χ3v) is 3.74. The molecule has 0 bridgehead atoms. The van der Waals surface area contributed by atoms with Crippen molar-refractivity contribution in [2.24, 2.45) is 0 Å². The van der Waals surface area contributed by atoms with Crippen LogP contribution in [0.25, 0.3) is 0 Å². The van der Waals surface area contributed by atoms with Gasteiger partial charge >= 0.3 is 0 Å². The number of aromatic nitrogens is 1. The first-order valence-corrected chi connectivity index (χ1v) is 8.00. The largest absolute Gasteiger partial charge is 0.360 e. The van der Waals surface area contributed by atoms with Crippen LogP contribution in [0.3, 0.4) is 0 Å². The predicted molar refractivity (Wildman–Crippen MR) is 89.5 cm³/mol. The van der Waals surface area contributed by atoms with E-state index in [1.54, 1.807) is 6.92 Å². The molecular weight excluding hydrogens is 290 g/mol. The molecular formula is C18H26N3O2+. The van der Waals surface area contributed by atoms with Crippen LogP contribution in [0.5, 0.6) is 0 Å². The van der Waals surface area contributed by atoms with E-state index in [-0.39, 0.29) is 11.8 Å². The van der Waals surface area contributed by atoms with Gasteiger partial charge in [-0.25, -0.2) is 0 Å². The minimum Gasteiger partial charge on any atom is -0.360 e. The number of quaternary nitrogens is 1. The second-order valence-electron chi connectivity index (χ2n) is 6.50. The molecule has 1 aromatic heterocycles. The maximum absolute atomic E-state index is 12.5. The lowest BCUT2D eigenvalue weighted by Crippen LogP contribution is -3.04. The molecule has 1 heterocycles. The van der Waals surface area contributed by atoms with Crippen LogP contribution in [0.1, 0.15) is 52.7 Å². The van der Waals surface area contributed by atoms with Gasteiger partial charge in [0.15, 0.2) is 5.76 Å². The molecule has 124 valence electrons. The molecule has 0 spiro atoms. The molecule has 2 rings (SSSR count). The molecule has 0 aliphatic rings. The van der Waals surface area contributed by atoms with Gasteiger partial charge in [-0.2, -0.15) is 0 Å². The van der Waals surface area contributed by atoms with Gasteiger partial charge < -0.3 is 14.7 Å². The van der Waals surface area contributed by atoms with Gasteiger partial charge in [0.2, 0.25) is 0 Å². The van der Waals surface area contributed by atoms with E-state index >= 15 is 0 Å². The van der Waals surface area contributed by atoms with Crippen LogP contribution in [-0.2, 0) is 13.1 Å². The maximum atomic E-state index is 12.5. The molecule has 5 heteroatoms. The Morgan fingerprint density at radius 3 is 2.52 bits per heavy atom. The number of carbonyl (C=O) groups excluding carboxylic acids is 1. The summed E-state index contributed by atoms with van der Waals surface area (Å²) >= 11 is 0. The van der Waals surface area contributed by atoms with E-state index in [4.69, 9.17) is 4.52 Å². The topological polar surface area (TPSA) is 59.6 Å². The third kappa shape index (κ3) is 4.20. The second kappa shape index (κ2) is 7.42. The Hall–Kier alpha value is -2.14. The molecule has 1 amide bonds. The predicted octanol–water partition coefficient (Wildman–Crippen LogP) is 1.68. The summed E-state index contributed by atoms with van der Waals surface area (Å²) in [6.45, 7) is 7.21. The van der Waals surface area contributed by atoms with Gasteiger partial charge in [-0.15, -0.1) is 0 Å². The van der Waals surface area contributed by atoms with E-state index in [1.165, 1.54) is 10.5 Å². The SMILES string of the molecule is Cc1noc(C(C)C)c1C(=O)NCc1ccccc1C[NH+](C)C. The van der Waals surface area contributed by atoms with Gasteiger partial charge in [-0.05, 0) is 12.5 Å². The highest BCUT2D eigenvalue weighted by atomic mass is 16.5. The molecule has 0 aliphatic carbocycles. The summed E-state index contributed by atoms with van der Waals surface area (Å²) in [5.41, 5.74) is 3.59. The lowest BCUT2D eigenvalue weighted by atomic mass is 10.0. The number of rotatable bonds is 6. The lowest BCUT2D eigenvalue weighted by Gasteiger charge is -2.13. The fraction of sp³-hybridized carbons (Fsp3) is 0.444. The van der Waals surface area contributed by atoms with Crippen molar-refractivity contribution in [1.82, 2.24) is 10.5 Å². The van der Waals surface area contributed by atoms with Gasteiger partial charge in [0.25, 0.3) is 5.91 Å². The summed E-state index contributed by atoms with van der Waals surface area (Å²) in [6, 6.07) is 8.20. The maximum Gasteiger partial charge on any atom is 0.257 e. The molecule has 2 aromatic rings. The molecule has 0 radical (unpaired) electrons. The van der Waals surface area contributed by atoms with Crippen LogP contribution in [0.4, 0.5) is 0 Å². The number of hydrogen-bond donors (Lipinski definition) is 2. The van der Waals surface area contributed by atoms with Gasteiger partial charge in [0.1, 0.15) is 12.1 Å². The van der Waals surface area contributed by atoms with Crippen LogP contribution in [0.15, 0.2) is 28.8 Å². The zero-order valence-electron chi connectivity index (χ0n) is 14.6. The quantitative estimate of drug-likeness (QED) is 0.852. The van der Waals surface area contributed by atoms with Crippen LogP contribution in [0, 0.1) is 6.92 Å². The van der Waals surface area contributed by atoms with Crippen LogP contribution in [0.2, 0.25) is 0 Å². The van der Waals surface area contributed by atoms with Crippen molar-refractivity contribution in [2.45, 2.75) is 39.8 Å². The van der Waals surface area contributed by atoms with Crippen LogP contribution < -0.4 is 10.2 Å². The van der Waals surface area contributed by atoms with Gasteiger partial charge in [0.05, 0.1) is 19.8 Å². The number of hydrogen-bond acceptors (Lipinski definition) is 3. The fourth-order valence-corrected chi connectivity index (χ4v) is 2.60. The molecule has 2 N–H and O–H groups in total. The third-order valence-electron chi connectivity index (χ3n) is 3.74. The standard InChI is InChI=1S/C18H25N3O2/c1-12(2)17-16(13(3)20-23-17)18(22)19-10-14-8-6-7-9-15(14)11-21(4)5/h6-9,12H,10-11H2,1-5H3,(H,19,22)/p+1. The first-order valence-electron chi connectivity index (χ1n) is 8.00. The molecule has 0 aliphatic heterocycles. The smallest absolute Gasteiger partial charge is 0.257 e. The highest BCUT2D eigenvalue weighted by Crippen LogP contribution is 2.22. The van der Waals surface area contributed by atoms with Crippen molar-refractivity contribution in [3.63, 3.8) is 0 Å². The summed E-state index contributed by atoms with van der Waals surface area (Å²) in [5.74, 6) is 0.645. The Kier molecular flexibility index (Phi) is 5.55. The van der Waals surface area contributed by atoms with Gasteiger partial charge in [0, 0.05) is 18.0 Å².